The van der Waals surface area contributed by atoms with Crippen LogP contribution in [0.25, 0.3) is 11.4 Å². The summed E-state index contributed by atoms with van der Waals surface area (Å²) in [5.74, 6) is 0.188. The van der Waals surface area contributed by atoms with Gasteiger partial charge in [0.25, 0.3) is 0 Å². The minimum atomic E-state index is -0.400. The Morgan fingerprint density at radius 3 is 2.86 bits per heavy atom. The molecule has 2 unspecified atom stereocenters. The summed E-state index contributed by atoms with van der Waals surface area (Å²) in [6.45, 7) is 2.44. The van der Waals surface area contributed by atoms with E-state index in [0.29, 0.717) is 23.9 Å². The predicted octanol–water partition coefficient (Wildman–Crippen LogP) is 1.12. The van der Waals surface area contributed by atoms with Crippen LogP contribution in [-0.4, -0.2) is 46.9 Å². The Morgan fingerprint density at radius 2 is 2.04 bits per heavy atom. The van der Waals surface area contributed by atoms with Crippen molar-refractivity contribution in [3.8, 4) is 11.4 Å². The number of benzene rings is 1. The number of halogens is 1. The molecular weight excluding hydrogens is 363 g/mol. The topological polar surface area (TPSA) is 95.3 Å². The maximum absolute atomic E-state index is 14.0. The van der Waals surface area contributed by atoms with E-state index in [-0.39, 0.29) is 23.8 Å². The lowest BCUT2D eigenvalue weighted by atomic mass is 9.92. The molecule has 3 aliphatic rings. The molecule has 0 aliphatic carbocycles. The number of aromatic nitrogens is 2. The molecule has 0 spiro atoms. The van der Waals surface area contributed by atoms with Crippen LogP contribution in [0.4, 0.5) is 4.39 Å². The van der Waals surface area contributed by atoms with Crippen molar-refractivity contribution in [2.45, 2.75) is 24.9 Å². The summed E-state index contributed by atoms with van der Waals surface area (Å²) in [7, 11) is 0. The molecule has 2 saturated heterocycles. The standard InChI is InChI=1S/C19H21FN6O2/c20-14-4-2-1-3-12(14)17-24-19(28-25-17)13-10-22-26-15(9-16(27)23-18(13)26)11-5-7-21-8-6-11/h1-4,9,11,13,18,21-22H,5-8,10H2,(H,23,27). The van der Waals surface area contributed by atoms with Gasteiger partial charge >= 0.3 is 0 Å². The summed E-state index contributed by atoms with van der Waals surface area (Å²) >= 11 is 0. The van der Waals surface area contributed by atoms with Crippen molar-refractivity contribution in [3.05, 3.63) is 47.7 Å². The highest BCUT2D eigenvalue weighted by atomic mass is 19.1. The maximum Gasteiger partial charge on any atom is 0.247 e. The van der Waals surface area contributed by atoms with Crippen molar-refractivity contribution in [2.75, 3.05) is 19.6 Å². The molecule has 28 heavy (non-hydrogen) atoms. The van der Waals surface area contributed by atoms with Crippen LogP contribution in [-0.2, 0) is 4.79 Å². The first-order chi connectivity index (χ1) is 13.7. The molecule has 1 amide bonds. The fourth-order valence-electron chi connectivity index (χ4n) is 4.19. The van der Waals surface area contributed by atoms with E-state index in [1.54, 1.807) is 24.3 Å². The zero-order valence-corrected chi connectivity index (χ0v) is 15.2. The minimum Gasteiger partial charge on any atom is -0.338 e. The molecule has 2 atom stereocenters. The first-order valence-corrected chi connectivity index (χ1v) is 9.55. The lowest BCUT2D eigenvalue weighted by molar-refractivity contribution is -0.119. The van der Waals surface area contributed by atoms with Crippen LogP contribution in [0.3, 0.4) is 0 Å². The van der Waals surface area contributed by atoms with Crippen molar-refractivity contribution in [1.29, 1.82) is 0 Å². The van der Waals surface area contributed by atoms with Crippen LogP contribution < -0.4 is 16.1 Å². The van der Waals surface area contributed by atoms with Crippen LogP contribution >= 0.6 is 0 Å². The molecule has 5 rings (SSSR count). The second kappa shape index (κ2) is 6.99. The number of allylic oxidation sites excluding steroid dienone is 1. The Bertz CT molecular complexity index is 923. The number of hydrogen-bond acceptors (Lipinski definition) is 7. The number of carbonyl (C=O) groups excluding carboxylic acids is 1. The SMILES string of the molecule is O=C1C=C(C2CCNCC2)N2NCC(c3nc(-c4ccccc4F)no3)C2N1. The van der Waals surface area contributed by atoms with Crippen molar-refractivity contribution in [1.82, 2.24) is 31.2 Å². The minimum absolute atomic E-state index is 0.114. The fraction of sp³-hybridized carbons (Fsp3) is 0.421. The molecule has 0 saturated carbocycles. The zero-order valence-electron chi connectivity index (χ0n) is 15.2. The molecular formula is C19H21FN6O2. The Hall–Kier alpha value is -2.78. The van der Waals surface area contributed by atoms with Gasteiger partial charge < -0.3 is 15.2 Å². The number of hydrazine groups is 1. The van der Waals surface area contributed by atoms with E-state index in [0.717, 1.165) is 31.6 Å². The number of amides is 1. The third kappa shape index (κ3) is 2.96. The maximum atomic E-state index is 14.0. The normalized spacial score (nSPS) is 25.4. The Morgan fingerprint density at radius 1 is 1.21 bits per heavy atom. The predicted molar refractivity (Wildman–Crippen MR) is 97.9 cm³/mol. The molecule has 146 valence electrons. The average Bonchev–Trinajstić information content (AvgIpc) is 3.35. The molecule has 3 aliphatic heterocycles. The molecule has 1 aromatic heterocycles. The summed E-state index contributed by atoms with van der Waals surface area (Å²) in [4.78, 5) is 16.7. The van der Waals surface area contributed by atoms with Gasteiger partial charge in [0.15, 0.2) is 0 Å². The number of piperidine rings is 1. The Balaban J connectivity index is 1.41. The highest BCUT2D eigenvalue weighted by Crippen LogP contribution is 2.35. The van der Waals surface area contributed by atoms with Gasteiger partial charge in [-0.15, -0.1) is 0 Å². The first-order valence-electron chi connectivity index (χ1n) is 9.55. The second-order valence-electron chi connectivity index (χ2n) is 7.32. The van der Waals surface area contributed by atoms with E-state index in [1.807, 2.05) is 5.01 Å². The highest BCUT2D eigenvalue weighted by Gasteiger charge is 2.44. The number of nitrogens with one attached hydrogen (secondary N) is 3. The largest absolute Gasteiger partial charge is 0.338 e. The number of fused-ring (bicyclic) bond motifs is 1. The van der Waals surface area contributed by atoms with Gasteiger partial charge in [-0.3, -0.25) is 9.80 Å². The summed E-state index contributed by atoms with van der Waals surface area (Å²) in [5, 5.41) is 12.3. The number of rotatable bonds is 3. The van der Waals surface area contributed by atoms with Crippen molar-refractivity contribution in [2.24, 2.45) is 5.92 Å². The average molecular weight is 384 g/mol. The highest BCUT2D eigenvalue weighted by molar-refractivity contribution is 5.89. The van der Waals surface area contributed by atoms with Crippen molar-refractivity contribution in [3.63, 3.8) is 0 Å². The lowest BCUT2D eigenvalue weighted by Crippen LogP contribution is -2.53. The van der Waals surface area contributed by atoms with Gasteiger partial charge in [-0.2, -0.15) is 4.98 Å². The first kappa shape index (κ1) is 17.3. The Kier molecular flexibility index (Phi) is 4.33. The van der Waals surface area contributed by atoms with Crippen molar-refractivity contribution >= 4 is 5.91 Å². The van der Waals surface area contributed by atoms with Crippen LogP contribution in [0.2, 0.25) is 0 Å². The Labute approximate surface area is 161 Å². The van der Waals surface area contributed by atoms with Crippen LogP contribution in [0.5, 0.6) is 0 Å². The molecule has 8 nitrogen and oxygen atoms in total. The van der Waals surface area contributed by atoms with Crippen molar-refractivity contribution < 1.29 is 13.7 Å². The van der Waals surface area contributed by atoms with E-state index >= 15 is 0 Å². The van der Waals surface area contributed by atoms with Crippen LogP contribution in [0.1, 0.15) is 24.7 Å². The second-order valence-corrected chi connectivity index (χ2v) is 7.32. The van der Waals surface area contributed by atoms with E-state index in [9.17, 15) is 9.18 Å². The lowest BCUT2D eigenvalue weighted by Gasteiger charge is -2.38. The number of nitrogens with zero attached hydrogens (tertiary/aromatic N) is 3. The monoisotopic (exact) mass is 384 g/mol. The van der Waals surface area contributed by atoms with E-state index in [1.165, 1.54) is 6.07 Å². The molecule has 1 aromatic carbocycles. The smallest absolute Gasteiger partial charge is 0.247 e. The van der Waals surface area contributed by atoms with E-state index in [4.69, 9.17) is 4.52 Å². The number of carbonyl (C=O) groups is 1. The quantitative estimate of drug-likeness (QED) is 0.730. The molecule has 9 heteroatoms. The van der Waals surface area contributed by atoms with Gasteiger partial charge in [0.05, 0.1) is 11.5 Å². The number of hydrogen-bond donors (Lipinski definition) is 3. The molecule has 2 aromatic rings. The summed E-state index contributed by atoms with van der Waals surface area (Å²) in [6.07, 6.45) is 3.36. The van der Waals surface area contributed by atoms with Crippen LogP contribution in [0, 0.1) is 11.7 Å². The van der Waals surface area contributed by atoms with Gasteiger partial charge in [-0.05, 0) is 38.1 Å². The molecule has 2 fully saturated rings. The third-order valence-electron chi connectivity index (χ3n) is 5.62. The molecule has 0 radical (unpaired) electrons. The van der Waals surface area contributed by atoms with Gasteiger partial charge in [0, 0.05) is 24.2 Å². The van der Waals surface area contributed by atoms with Gasteiger partial charge in [0.2, 0.25) is 17.6 Å². The molecule has 4 heterocycles. The molecule has 3 N–H and O–H groups in total. The summed E-state index contributed by atoms with van der Waals surface area (Å²) in [5.41, 5.74) is 4.66. The molecule has 0 bridgehead atoms. The van der Waals surface area contributed by atoms with E-state index in [2.05, 4.69) is 26.2 Å². The van der Waals surface area contributed by atoms with Gasteiger partial charge in [0.1, 0.15) is 12.0 Å². The van der Waals surface area contributed by atoms with Gasteiger partial charge in [-0.25, -0.2) is 9.82 Å². The van der Waals surface area contributed by atoms with E-state index < -0.39 is 5.82 Å². The summed E-state index contributed by atoms with van der Waals surface area (Å²) < 4.78 is 19.5. The van der Waals surface area contributed by atoms with Crippen LogP contribution in [0.15, 0.2) is 40.6 Å². The third-order valence-corrected chi connectivity index (χ3v) is 5.62. The zero-order chi connectivity index (χ0) is 19.1. The fourth-order valence-corrected chi connectivity index (χ4v) is 4.19. The van der Waals surface area contributed by atoms with Gasteiger partial charge in [-0.1, -0.05) is 17.3 Å². The summed E-state index contributed by atoms with van der Waals surface area (Å²) in [6, 6.07) is 6.32.